The Morgan fingerprint density at radius 2 is 0.739 bits per heavy atom. The predicted octanol–water partition coefficient (Wildman–Crippen LogP) is 19.5. The normalized spacial score (nSPS) is 14.1. The lowest BCUT2D eigenvalue weighted by atomic mass is 9.30. The van der Waals surface area contributed by atoms with Crippen LogP contribution in [0.2, 0.25) is 0 Å². The largest absolute Gasteiger partial charge is 0.458 e. The van der Waals surface area contributed by atoms with E-state index in [2.05, 4.69) is 317 Å². The molecule has 0 spiro atoms. The number of hydrogen-bond acceptors (Lipinski definition) is 3. The number of aromatic nitrogens is 1. The molecule has 0 N–H and O–H groups in total. The molecular weight excluding hydrogens is 1110 g/mol. The van der Waals surface area contributed by atoms with Gasteiger partial charge in [0.15, 0.2) is 0 Å². The second-order valence-corrected chi connectivity index (χ2v) is 33.1. The summed E-state index contributed by atoms with van der Waals surface area (Å²) in [5, 5.41) is 2.61. The van der Waals surface area contributed by atoms with Gasteiger partial charge in [-0.25, -0.2) is 0 Å². The molecule has 0 saturated carbocycles. The van der Waals surface area contributed by atoms with Crippen LogP contribution in [0.15, 0.2) is 158 Å². The zero-order valence-electron chi connectivity index (χ0n) is 58.4. The standard InChI is InChI=1S/C86H89B2N3O/c1-48-34-50(3)77(51(4)35-48)54-38-72-79-73(39-54)90(62-30-24-57(25-31-62)83(10,11)12)71-47-75-67(46-66(71)87(79)65-44-59(85(16,17)18)27-33-70(65)89(72)61-28-22-56(23-29-61)82(7,8)9)88-68-45-60(86(19,20)21)43-64-63-42-58(84(13,14)15)26-32-69(63)91(81(64)68)74-40-55(41-76(92-75)80(74)88)78-52(5)36-49(2)37-53(78)6/h22-47H,1-21H3. The van der Waals surface area contributed by atoms with Crippen molar-refractivity contribution in [2.75, 3.05) is 9.80 Å². The average Bonchev–Trinajstić information content (AvgIpc) is 1.11. The molecule has 15 rings (SSSR count). The minimum atomic E-state index is -0.149. The van der Waals surface area contributed by atoms with Crippen molar-refractivity contribution in [3.8, 4) is 39.4 Å². The first-order valence-corrected chi connectivity index (χ1v) is 33.7. The topological polar surface area (TPSA) is 20.6 Å². The molecule has 1 aromatic heterocycles. The van der Waals surface area contributed by atoms with Gasteiger partial charge in [0.1, 0.15) is 11.5 Å². The molecule has 11 aromatic rings. The van der Waals surface area contributed by atoms with Gasteiger partial charge in [-0.15, -0.1) is 0 Å². The fraction of sp³-hybridized carbons (Fsp3) is 0.302. The second kappa shape index (κ2) is 20.0. The van der Waals surface area contributed by atoms with Crippen LogP contribution in [0.3, 0.4) is 0 Å². The average molecular weight is 1200 g/mol. The summed E-state index contributed by atoms with van der Waals surface area (Å²) in [5.74, 6) is 1.82. The molecule has 0 saturated heterocycles. The highest BCUT2D eigenvalue weighted by Crippen LogP contribution is 2.50. The van der Waals surface area contributed by atoms with E-state index in [0.717, 1.165) is 28.6 Å². The van der Waals surface area contributed by atoms with Gasteiger partial charge in [0.05, 0.1) is 5.52 Å². The Labute approximate surface area is 548 Å². The minimum absolute atomic E-state index is 0.00646. The fourth-order valence-electron chi connectivity index (χ4n) is 16.5. The summed E-state index contributed by atoms with van der Waals surface area (Å²) in [6.45, 7) is 48.5. The van der Waals surface area contributed by atoms with E-state index in [9.17, 15) is 0 Å². The van der Waals surface area contributed by atoms with E-state index >= 15 is 0 Å². The molecule has 5 heterocycles. The minimum Gasteiger partial charge on any atom is -0.458 e. The second-order valence-electron chi connectivity index (χ2n) is 33.1. The van der Waals surface area contributed by atoms with Crippen LogP contribution in [-0.2, 0) is 27.1 Å². The molecule has 92 heavy (non-hydrogen) atoms. The van der Waals surface area contributed by atoms with E-state index in [1.807, 2.05) is 0 Å². The summed E-state index contributed by atoms with van der Waals surface area (Å²) in [7, 11) is 0. The summed E-state index contributed by atoms with van der Waals surface area (Å²) in [4.78, 5) is 5.22. The Bertz CT molecular complexity index is 4940. The third-order valence-electron chi connectivity index (χ3n) is 21.1. The highest BCUT2D eigenvalue weighted by molar-refractivity contribution is 7.02. The molecule has 6 heteroatoms. The van der Waals surface area contributed by atoms with Gasteiger partial charge in [-0.3, -0.25) is 0 Å². The number of hydrogen-bond donors (Lipinski definition) is 0. The summed E-state index contributed by atoms with van der Waals surface area (Å²) >= 11 is 0. The smallest absolute Gasteiger partial charge is 0.256 e. The Balaban J connectivity index is 1.09. The third kappa shape index (κ3) is 9.22. The quantitative estimate of drug-likeness (QED) is 0.164. The lowest BCUT2D eigenvalue weighted by molar-refractivity contribution is 0.487. The predicted molar refractivity (Wildman–Crippen MR) is 399 cm³/mol. The van der Waals surface area contributed by atoms with Gasteiger partial charge in [0.2, 0.25) is 0 Å². The van der Waals surface area contributed by atoms with Gasteiger partial charge in [-0.05, 0) is 247 Å². The Kier molecular flexibility index (Phi) is 13.0. The Morgan fingerprint density at radius 3 is 1.26 bits per heavy atom. The van der Waals surface area contributed by atoms with Crippen molar-refractivity contribution in [3.05, 3.63) is 219 Å². The van der Waals surface area contributed by atoms with Gasteiger partial charge in [0.25, 0.3) is 13.4 Å². The number of rotatable bonds is 4. The first-order valence-electron chi connectivity index (χ1n) is 33.7. The molecule has 4 nitrogen and oxygen atoms in total. The highest BCUT2D eigenvalue weighted by Gasteiger charge is 2.48. The van der Waals surface area contributed by atoms with Gasteiger partial charge < -0.3 is 19.1 Å². The van der Waals surface area contributed by atoms with Crippen LogP contribution in [0.25, 0.3) is 49.7 Å². The van der Waals surface area contributed by atoms with Crippen molar-refractivity contribution >= 4 is 102 Å². The summed E-state index contributed by atoms with van der Waals surface area (Å²) in [6, 6.07) is 63.2. The van der Waals surface area contributed by atoms with E-state index in [1.54, 1.807) is 0 Å². The number of anilines is 6. The monoisotopic (exact) mass is 1200 g/mol. The van der Waals surface area contributed by atoms with Crippen LogP contribution in [-0.4, -0.2) is 18.0 Å². The van der Waals surface area contributed by atoms with Crippen LogP contribution < -0.4 is 47.3 Å². The SMILES string of the molecule is Cc1cc(C)c(-c2cc3c4c(c2)N(c2ccc(C(C)(C)C)cc2)c2cc5c(cc2B4c2cc(C(C)(C)C)ccc2N3c2ccc(C(C)(C)C)cc2)B2c3c(cc(-c4c(C)cc(C)cc4C)cc3-n3c4ccc(C(C)(C)C)cc4c4cc(C(C)(C)C)cc2c43)O5)c(C)c1. The van der Waals surface area contributed by atoms with Crippen LogP contribution >= 0.6 is 0 Å². The zero-order chi connectivity index (χ0) is 65.1. The summed E-state index contributed by atoms with van der Waals surface area (Å²) in [5.41, 5.74) is 37.2. The van der Waals surface area contributed by atoms with E-state index < -0.39 is 0 Å². The lowest BCUT2D eigenvalue weighted by Crippen LogP contribution is -2.64. The number of ether oxygens (including phenoxy) is 1. The molecular formula is C86H89B2N3O. The lowest BCUT2D eigenvalue weighted by Gasteiger charge is -2.45. The van der Waals surface area contributed by atoms with Crippen LogP contribution in [0.5, 0.6) is 11.5 Å². The maximum Gasteiger partial charge on any atom is 0.256 e. The van der Waals surface area contributed by atoms with Crippen molar-refractivity contribution in [2.45, 2.75) is 172 Å². The number of benzene rings is 10. The molecule has 0 amide bonds. The van der Waals surface area contributed by atoms with Gasteiger partial charge in [-0.2, -0.15) is 0 Å². The molecule has 4 aliphatic heterocycles. The van der Waals surface area contributed by atoms with Gasteiger partial charge in [-0.1, -0.05) is 194 Å². The van der Waals surface area contributed by atoms with Crippen LogP contribution in [0.4, 0.5) is 34.1 Å². The first kappa shape index (κ1) is 59.8. The molecule has 0 fully saturated rings. The number of nitrogens with zero attached hydrogens (tertiary/aromatic N) is 3. The molecule has 0 radical (unpaired) electrons. The van der Waals surface area contributed by atoms with E-state index in [-0.39, 0.29) is 40.5 Å². The van der Waals surface area contributed by atoms with E-state index in [4.69, 9.17) is 4.74 Å². The Hall–Kier alpha value is -8.47. The maximum absolute atomic E-state index is 7.89. The highest BCUT2D eigenvalue weighted by atomic mass is 16.5. The van der Waals surface area contributed by atoms with Crippen LogP contribution in [0, 0.1) is 41.5 Å². The van der Waals surface area contributed by atoms with Crippen LogP contribution in [0.1, 0.15) is 165 Å². The number of aryl methyl sites for hydroxylation is 6. The van der Waals surface area contributed by atoms with Gasteiger partial charge >= 0.3 is 0 Å². The molecule has 4 aliphatic rings. The fourth-order valence-corrected chi connectivity index (χ4v) is 16.5. The third-order valence-corrected chi connectivity index (χ3v) is 21.1. The van der Waals surface area contributed by atoms with Crippen molar-refractivity contribution in [1.29, 1.82) is 0 Å². The van der Waals surface area contributed by atoms with Crippen molar-refractivity contribution < 1.29 is 4.74 Å². The first-order chi connectivity index (χ1) is 43.2. The molecule has 10 aromatic carbocycles. The van der Waals surface area contributed by atoms with Crippen molar-refractivity contribution in [1.82, 2.24) is 4.57 Å². The number of fused-ring (bicyclic) bond motifs is 11. The Morgan fingerprint density at radius 1 is 0.315 bits per heavy atom. The van der Waals surface area contributed by atoms with Gasteiger partial charge in [0, 0.05) is 62.2 Å². The molecule has 0 atom stereocenters. The molecule has 0 unspecified atom stereocenters. The van der Waals surface area contributed by atoms with E-state index in [0.29, 0.717) is 0 Å². The molecule has 0 aliphatic carbocycles. The summed E-state index contributed by atoms with van der Waals surface area (Å²) in [6.07, 6.45) is 0. The van der Waals surface area contributed by atoms with Crippen molar-refractivity contribution in [3.63, 3.8) is 0 Å². The zero-order valence-corrected chi connectivity index (χ0v) is 58.4. The maximum atomic E-state index is 7.89. The van der Waals surface area contributed by atoms with Crippen molar-refractivity contribution in [2.24, 2.45) is 0 Å². The molecule has 0 bridgehead atoms. The van der Waals surface area contributed by atoms with E-state index in [1.165, 1.54) is 161 Å². The molecule has 460 valence electrons. The summed E-state index contributed by atoms with van der Waals surface area (Å²) < 4.78 is 10.5.